The Balaban J connectivity index is 4.57. The van der Waals surface area contributed by atoms with Gasteiger partial charge < -0.3 is 34.2 Å². The minimum Gasteiger partial charge on any atom is -0.463 e. The monoisotopic (exact) mass is 1590 g/mol. The summed E-state index contributed by atoms with van der Waals surface area (Å²) in [5.74, 6) is -1.65. The van der Waals surface area contributed by atoms with E-state index in [0.717, 1.165) is 135 Å². The van der Waals surface area contributed by atoms with E-state index >= 15 is 0 Å². The van der Waals surface area contributed by atoms with Crippen LogP contribution in [0.25, 0.3) is 0 Å². The van der Waals surface area contributed by atoms with Crippen LogP contribution in [0.2, 0.25) is 0 Å². The Morgan fingerprint density at radius 1 is 0.261 bits per heavy atom. The Bertz CT molecular complexity index is 2700. The van der Waals surface area contributed by atoms with Crippen molar-refractivity contribution in [3.63, 3.8) is 0 Å². The fraction of sp³-hybridized carbons (Fsp3) is 0.667. The number of aliphatic hydroxyl groups is 2. The van der Waals surface area contributed by atoms with E-state index in [1.807, 2.05) is 12.2 Å². The van der Waals surface area contributed by atoms with Crippen LogP contribution in [0.3, 0.4) is 0 Å². The zero-order valence-corrected chi connectivity index (χ0v) is 71.4. The number of phosphoric acid groups is 2. The predicted octanol–water partition coefficient (Wildman–Crippen LogP) is 26.3. The highest BCUT2D eigenvalue weighted by molar-refractivity contribution is 7.47. The fourth-order valence-corrected chi connectivity index (χ4v) is 13.0. The second kappa shape index (κ2) is 84.3. The van der Waals surface area contributed by atoms with E-state index in [1.54, 1.807) is 0 Å². The normalized spacial score (nSPS) is 14.7. The van der Waals surface area contributed by atoms with E-state index < -0.39 is 91.5 Å². The standard InChI is InChI=1S/C93H156O16P2/c1-4-7-10-13-16-19-22-25-28-31-33-35-37-39-41-42-43-44-46-48-49-51-53-56-58-61-64-67-70-73-76-79-91(96)103-82-88(94)83-105-110(99,100)106-84-89(95)85-107-111(101,102)108-87-90(109-93(98)81-78-75-72-69-66-63-60-55-30-27-24-21-18-15-12-9-6-3)86-104-92(97)80-77-74-71-68-65-62-59-57-54-52-50-47-45-40-38-36-34-32-29-26-23-20-17-14-11-8-5-2/h8-9,11-12,16-21,25-30,33-36,39-41,45,60,63,69,72,88-90,94-95H,4-7,10,13-15,22-24,31-32,37-38,42-44,46-59,61-62,64-68,70-71,73-87H2,1-3H3,(H,99,100)(H,101,102)/b11-8-,12-9-,19-16-,20-17-,21-18-,28-25-,29-26-,30-27-,35-33-,36-34-,41-39-,45-40-,63-60-,72-69-. The second-order valence-corrected chi connectivity index (χ2v) is 31.5. The molecule has 0 radical (unpaired) electrons. The number of allylic oxidation sites excluding steroid dienone is 28. The van der Waals surface area contributed by atoms with Crippen LogP contribution in [0.5, 0.6) is 0 Å². The molecule has 111 heavy (non-hydrogen) atoms. The molecule has 0 bridgehead atoms. The fourth-order valence-electron chi connectivity index (χ4n) is 11.4. The molecule has 4 N–H and O–H groups in total. The Morgan fingerprint density at radius 3 is 0.784 bits per heavy atom. The van der Waals surface area contributed by atoms with Gasteiger partial charge in [0.05, 0.1) is 26.4 Å². The van der Waals surface area contributed by atoms with E-state index in [2.05, 4.69) is 179 Å². The molecule has 0 aliphatic carbocycles. The van der Waals surface area contributed by atoms with Crippen LogP contribution in [-0.4, -0.2) is 95.9 Å². The molecule has 0 fully saturated rings. The number of carbonyl (C=O) groups excluding carboxylic acids is 3. The molecule has 16 nitrogen and oxygen atoms in total. The summed E-state index contributed by atoms with van der Waals surface area (Å²) in [6.45, 7) is 2.37. The summed E-state index contributed by atoms with van der Waals surface area (Å²) in [5, 5.41) is 20.7. The Hall–Kier alpha value is -5.09. The van der Waals surface area contributed by atoms with Crippen LogP contribution < -0.4 is 0 Å². The lowest BCUT2D eigenvalue weighted by Gasteiger charge is -2.21. The van der Waals surface area contributed by atoms with Crippen molar-refractivity contribution in [1.82, 2.24) is 0 Å². The molecule has 0 aliphatic heterocycles. The molecule has 5 unspecified atom stereocenters. The van der Waals surface area contributed by atoms with Gasteiger partial charge in [0.2, 0.25) is 0 Å². The maximum atomic E-state index is 13.0. The van der Waals surface area contributed by atoms with Crippen molar-refractivity contribution < 1.29 is 75.8 Å². The summed E-state index contributed by atoms with van der Waals surface area (Å²) < 4.78 is 61.3. The zero-order chi connectivity index (χ0) is 80.8. The molecule has 0 heterocycles. The molecule has 5 atom stereocenters. The highest BCUT2D eigenvalue weighted by Gasteiger charge is 2.29. The van der Waals surface area contributed by atoms with Crippen molar-refractivity contribution >= 4 is 33.6 Å². The smallest absolute Gasteiger partial charge is 0.463 e. The van der Waals surface area contributed by atoms with Gasteiger partial charge in [-0.05, 0) is 148 Å². The van der Waals surface area contributed by atoms with Crippen LogP contribution >= 0.6 is 15.6 Å². The summed E-state index contributed by atoms with van der Waals surface area (Å²) in [5.41, 5.74) is 0. The highest BCUT2D eigenvalue weighted by atomic mass is 31.2. The summed E-state index contributed by atoms with van der Waals surface area (Å²) in [4.78, 5) is 58.8. The molecule has 0 rings (SSSR count). The maximum absolute atomic E-state index is 13.0. The van der Waals surface area contributed by atoms with Crippen molar-refractivity contribution in [2.45, 2.75) is 360 Å². The molecule has 0 saturated heterocycles. The lowest BCUT2D eigenvalue weighted by atomic mass is 10.0. The largest absolute Gasteiger partial charge is 0.472 e. The van der Waals surface area contributed by atoms with E-state index in [4.69, 9.17) is 32.3 Å². The molecular formula is C93H156O16P2. The molecule has 0 aromatic carbocycles. The first kappa shape index (κ1) is 106. The number of unbranched alkanes of at least 4 members (excludes halogenated alkanes) is 30. The van der Waals surface area contributed by atoms with Crippen molar-refractivity contribution in [1.29, 1.82) is 0 Å². The van der Waals surface area contributed by atoms with Crippen molar-refractivity contribution in [3.8, 4) is 0 Å². The van der Waals surface area contributed by atoms with E-state index in [0.29, 0.717) is 25.7 Å². The van der Waals surface area contributed by atoms with Crippen molar-refractivity contribution in [3.05, 3.63) is 170 Å². The van der Waals surface area contributed by atoms with Gasteiger partial charge in [0, 0.05) is 19.3 Å². The topological polar surface area (TPSA) is 231 Å². The Kier molecular flexibility index (Phi) is 80.4. The van der Waals surface area contributed by atoms with Crippen LogP contribution in [0.1, 0.15) is 342 Å². The van der Waals surface area contributed by atoms with Gasteiger partial charge >= 0.3 is 33.6 Å². The van der Waals surface area contributed by atoms with Crippen LogP contribution in [-0.2, 0) is 55.8 Å². The average molecular weight is 1590 g/mol. The molecule has 0 aromatic heterocycles. The SMILES string of the molecule is CC/C=C\C/C=C\C/C=C\C/C=C\C/C=C\CCCCCCCCCCCCCC(=O)OCC(COP(=O)(O)OCC(O)COP(=O)(O)OCC(O)COC(=O)CCCCCCCCCCCCCCCCC/C=C\C/C=C\C/C=C\C/C=C\CCCCC)OC(=O)CCC/C=C\C/C=C\C/C=C\C/C=C\C/C=C\CC. The quantitative estimate of drug-likeness (QED) is 0.0146. The average Bonchev–Trinajstić information content (AvgIpc) is 0.906. The summed E-state index contributed by atoms with van der Waals surface area (Å²) >= 11 is 0. The second-order valence-electron chi connectivity index (χ2n) is 28.6. The molecule has 634 valence electrons. The number of hydrogen-bond donors (Lipinski definition) is 4. The predicted molar refractivity (Wildman–Crippen MR) is 463 cm³/mol. The first-order valence-corrected chi connectivity index (χ1v) is 46.4. The van der Waals surface area contributed by atoms with E-state index in [1.165, 1.54) is 141 Å². The van der Waals surface area contributed by atoms with Crippen molar-refractivity contribution in [2.75, 3.05) is 39.6 Å². The number of ether oxygens (including phenoxy) is 3. The number of phosphoric ester groups is 2. The molecular weight excluding hydrogens is 1430 g/mol. The first-order valence-electron chi connectivity index (χ1n) is 43.4. The molecule has 0 amide bonds. The van der Waals surface area contributed by atoms with Gasteiger partial charge in [-0.15, -0.1) is 0 Å². The van der Waals surface area contributed by atoms with Gasteiger partial charge in [0.1, 0.15) is 25.4 Å². The van der Waals surface area contributed by atoms with Crippen LogP contribution in [0.15, 0.2) is 170 Å². The third-order valence-corrected chi connectivity index (χ3v) is 19.8. The Morgan fingerprint density at radius 2 is 0.486 bits per heavy atom. The van der Waals surface area contributed by atoms with Gasteiger partial charge in [-0.1, -0.05) is 345 Å². The number of hydrogen-bond acceptors (Lipinski definition) is 14. The lowest BCUT2D eigenvalue weighted by molar-refractivity contribution is -0.161. The third-order valence-electron chi connectivity index (χ3n) is 17.9. The highest BCUT2D eigenvalue weighted by Crippen LogP contribution is 2.45. The molecule has 0 aromatic rings. The first-order chi connectivity index (χ1) is 54.2. The zero-order valence-electron chi connectivity index (χ0n) is 69.6. The van der Waals surface area contributed by atoms with E-state index in [9.17, 15) is 43.5 Å². The summed E-state index contributed by atoms with van der Waals surface area (Å²) in [6.07, 6.45) is 108. The molecule has 0 aliphatic rings. The number of aliphatic hydroxyl groups excluding tert-OH is 2. The molecule has 0 spiro atoms. The minimum atomic E-state index is -4.96. The third kappa shape index (κ3) is 85.6. The minimum absolute atomic E-state index is 0.0208. The van der Waals surface area contributed by atoms with Gasteiger partial charge in [0.15, 0.2) is 6.10 Å². The molecule has 18 heteroatoms. The Labute approximate surface area is 675 Å². The van der Waals surface area contributed by atoms with E-state index in [-0.39, 0.29) is 19.3 Å². The summed E-state index contributed by atoms with van der Waals surface area (Å²) in [6, 6.07) is 0. The lowest BCUT2D eigenvalue weighted by Crippen LogP contribution is -2.30. The molecule has 0 saturated carbocycles. The van der Waals surface area contributed by atoms with Gasteiger partial charge in [-0.3, -0.25) is 32.5 Å². The number of esters is 3. The number of rotatable bonds is 81. The maximum Gasteiger partial charge on any atom is 0.472 e. The van der Waals surface area contributed by atoms with Crippen LogP contribution in [0, 0.1) is 0 Å². The van der Waals surface area contributed by atoms with Gasteiger partial charge in [-0.25, -0.2) is 9.13 Å². The van der Waals surface area contributed by atoms with Gasteiger partial charge in [0.25, 0.3) is 0 Å². The summed E-state index contributed by atoms with van der Waals surface area (Å²) in [7, 11) is -9.83. The van der Waals surface area contributed by atoms with Crippen LogP contribution in [0.4, 0.5) is 0 Å². The van der Waals surface area contributed by atoms with Crippen molar-refractivity contribution in [2.24, 2.45) is 0 Å². The van der Waals surface area contributed by atoms with Gasteiger partial charge in [-0.2, -0.15) is 0 Å². The number of carbonyl (C=O) groups is 3.